The van der Waals surface area contributed by atoms with Crippen molar-refractivity contribution < 1.29 is 19.0 Å². The van der Waals surface area contributed by atoms with Gasteiger partial charge in [0.15, 0.2) is 11.6 Å². The summed E-state index contributed by atoms with van der Waals surface area (Å²) in [7, 11) is 3.26. The molecule has 192 valence electrons. The first-order valence-electron chi connectivity index (χ1n) is 12.3. The van der Waals surface area contributed by atoms with Crippen LogP contribution in [0.15, 0.2) is 103 Å². The van der Waals surface area contributed by atoms with Crippen LogP contribution >= 0.6 is 0 Å². The minimum atomic E-state index is -0.101. The summed E-state index contributed by atoms with van der Waals surface area (Å²) in [5, 5.41) is 0.793. The number of benzene rings is 4. The Morgan fingerprint density at radius 1 is 0.641 bits per heavy atom. The third-order valence-electron chi connectivity index (χ3n) is 6.02. The van der Waals surface area contributed by atoms with Crippen LogP contribution in [-0.4, -0.2) is 30.0 Å². The molecule has 39 heavy (non-hydrogen) atoms. The van der Waals surface area contributed by atoms with Gasteiger partial charge in [-0.15, -0.1) is 0 Å². The van der Waals surface area contributed by atoms with Crippen molar-refractivity contribution in [2.45, 2.75) is 0 Å². The largest absolute Gasteiger partial charge is 0.497 e. The average molecular weight is 515 g/mol. The summed E-state index contributed by atoms with van der Waals surface area (Å²) < 4.78 is 16.5. The number of methoxy groups -OCH3 is 2. The normalized spacial score (nSPS) is 11.2. The topological polar surface area (TPSA) is 70.5 Å². The molecule has 0 radical (unpaired) electrons. The van der Waals surface area contributed by atoms with Crippen LogP contribution in [0.1, 0.15) is 27.3 Å². The van der Waals surface area contributed by atoms with Gasteiger partial charge in [0.25, 0.3) is 0 Å². The maximum Gasteiger partial charge on any atom is 0.230 e. The summed E-state index contributed by atoms with van der Waals surface area (Å²) in [5.74, 6) is 3.00. The number of carbonyl (C=O) groups excluding carboxylic acids is 1. The van der Waals surface area contributed by atoms with Crippen molar-refractivity contribution in [1.82, 2.24) is 9.97 Å². The van der Waals surface area contributed by atoms with E-state index in [4.69, 9.17) is 14.2 Å². The molecule has 0 saturated carbocycles. The highest BCUT2D eigenvalue weighted by molar-refractivity contribution is 6.06. The Balaban J connectivity index is 1.33. The first-order chi connectivity index (χ1) is 19.1. The Hall–Kier alpha value is -5.23. The molecule has 0 amide bonds. The molecule has 0 atom stereocenters. The van der Waals surface area contributed by atoms with Crippen LogP contribution < -0.4 is 14.2 Å². The third kappa shape index (κ3) is 6.37. The van der Waals surface area contributed by atoms with Crippen molar-refractivity contribution in [2.75, 3.05) is 14.2 Å². The Morgan fingerprint density at radius 2 is 1.23 bits per heavy atom. The van der Waals surface area contributed by atoms with Gasteiger partial charge in [0, 0.05) is 5.56 Å². The molecule has 6 nitrogen and oxygen atoms in total. The van der Waals surface area contributed by atoms with Gasteiger partial charge in [-0.2, -0.15) is 4.98 Å². The van der Waals surface area contributed by atoms with Gasteiger partial charge in [-0.25, -0.2) is 4.98 Å². The van der Waals surface area contributed by atoms with E-state index in [0.29, 0.717) is 23.0 Å². The maximum absolute atomic E-state index is 12.7. The molecule has 1 aromatic heterocycles. The van der Waals surface area contributed by atoms with Crippen LogP contribution in [0.4, 0.5) is 0 Å². The molecule has 0 aliphatic rings. The van der Waals surface area contributed by atoms with Crippen molar-refractivity contribution in [3.63, 3.8) is 0 Å². The number of para-hydroxylation sites is 1. The Kier molecular flexibility index (Phi) is 7.74. The molecule has 6 heteroatoms. The van der Waals surface area contributed by atoms with Crippen LogP contribution in [0.25, 0.3) is 29.1 Å². The van der Waals surface area contributed by atoms with Crippen molar-refractivity contribution >= 4 is 34.9 Å². The quantitative estimate of drug-likeness (QED) is 0.150. The van der Waals surface area contributed by atoms with E-state index in [9.17, 15) is 4.79 Å². The number of ketones is 1. The van der Waals surface area contributed by atoms with Crippen LogP contribution in [0.5, 0.6) is 23.1 Å². The number of rotatable bonds is 9. The summed E-state index contributed by atoms with van der Waals surface area (Å²) in [6.45, 7) is 0. The minimum Gasteiger partial charge on any atom is -0.497 e. The van der Waals surface area contributed by atoms with Crippen LogP contribution in [0.3, 0.4) is 0 Å². The highest BCUT2D eigenvalue weighted by Gasteiger charge is 2.10. The Labute approximate surface area is 226 Å². The molecule has 0 unspecified atom stereocenters. The third-order valence-corrected chi connectivity index (χ3v) is 6.02. The number of ether oxygens (including phenoxy) is 3. The molecule has 5 aromatic rings. The molecule has 0 aliphatic heterocycles. The standard InChI is InChI=1S/C33H26N2O4/c1-37-26-15-7-23(8-16-26)11-21-31(36)25-13-19-28(20-14-25)39-33-29-5-3-4-6-30(29)34-32(35-33)22-12-24-9-17-27(38-2)18-10-24/h3-22H,1-2H3/b21-11+,22-12+. The fraction of sp³-hybridized carbons (Fsp3) is 0.0606. The molecule has 0 saturated heterocycles. The zero-order valence-electron chi connectivity index (χ0n) is 21.6. The number of fused-ring (bicyclic) bond motifs is 1. The second-order valence-electron chi connectivity index (χ2n) is 8.61. The number of hydrogen-bond donors (Lipinski definition) is 0. The van der Waals surface area contributed by atoms with E-state index in [1.165, 1.54) is 0 Å². The van der Waals surface area contributed by atoms with Crippen molar-refractivity contribution in [3.05, 3.63) is 126 Å². The van der Waals surface area contributed by atoms with E-state index in [2.05, 4.69) is 9.97 Å². The lowest BCUT2D eigenvalue weighted by Gasteiger charge is -2.09. The van der Waals surface area contributed by atoms with Gasteiger partial charge in [0.05, 0.1) is 25.1 Å². The lowest BCUT2D eigenvalue weighted by Crippen LogP contribution is -1.97. The zero-order chi connectivity index (χ0) is 27.0. The Bertz CT molecular complexity index is 1640. The molecule has 1 heterocycles. The van der Waals surface area contributed by atoms with Crippen LogP contribution in [0.2, 0.25) is 0 Å². The predicted molar refractivity (Wildman–Crippen MR) is 154 cm³/mol. The van der Waals surface area contributed by atoms with Gasteiger partial charge < -0.3 is 14.2 Å². The fourth-order valence-electron chi connectivity index (χ4n) is 3.88. The highest BCUT2D eigenvalue weighted by Crippen LogP contribution is 2.28. The van der Waals surface area contributed by atoms with E-state index in [-0.39, 0.29) is 5.78 Å². The van der Waals surface area contributed by atoms with E-state index in [1.807, 2.05) is 84.9 Å². The van der Waals surface area contributed by atoms with E-state index < -0.39 is 0 Å². The molecule has 0 N–H and O–H groups in total. The molecule has 5 rings (SSSR count). The van der Waals surface area contributed by atoms with Gasteiger partial charge in [0.2, 0.25) is 5.88 Å². The molecule has 0 bridgehead atoms. The number of aromatic nitrogens is 2. The summed E-state index contributed by atoms with van der Waals surface area (Å²) in [6, 6.07) is 29.9. The number of carbonyl (C=O) groups is 1. The molecule has 0 spiro atoms. The van der Waals surface area contributed by atoms with Crippen molar-refractivity contribution in [3.8, 4) is 23.1 Å². The fourth-order valence-corrected chi connectivity index (χ4v) is 3.88. The minimum absolute atomic E-state index is 0.101. The van der Waals surface area contributed by atoms with Crippen molar-refractivity contribution in [1.29, 1.82) is 0 Å². The van der Waals surface area contributed by atoms with E-state index >= 15 is 0 Å². The molecule has 0 fully saturated rings. The van der Waals surface area contributed by atoms with Gasteiger partial charge in [0.1, 0.15) is 17.2 Å². The van der Waals surface area contributed by atoms with Crippen LogP contribution in [0, 0.1) is 0 Å². The van der Waals surface area contributed by atoms with Crippen LogP contribution in [-0.2, 0) is 0 Å². The summed E-state index contributed by atoms with van der Waals surface area (Å²) in [6.07, 6.45) is 7.11. The lowest BCUT2D eigenvalue weighted by atomic mass is 10.1. The molecule has 0 aliphatic carbocycles. The predicted octanol–water partition coefficient (Wildman–Crippen LogP) is 7.51. The van der Waals surface area contributed by atoms with Gasteiger partial charge in [-0.05, 0) is 83.9 Å². The summed E-state index contributed by atoms with van der Waals surface area (Å²) >= 11 is 0. The summed E-state index contributed by atoms with van der Waals surface area (Å²) in [5.41, 5.74) is 3.24. The van der Waals surface area contributed by atoms with E-state index in [1.54, 1.807) is 50.6 Å². The molecular weight excluding hydrogens is 488 g/mol. The highest BCUT2D eigenvalue weighted by atomic mass is 16.5. The Morgan fingerprint density at radius 3 is 1.87 bits per heavy atom. The maximum atomic E-state index is 12.7. The number of hydrogen-bond acceptors (Lipinski definition) is 6. The van der Waals surface area contributed by atoms with E-state index in [0.717, 1.165) is 33.5 Å². The first kappa shape index (κ1) is 25.4. The van der Waals surface area contributed by atoms with Gasteiger partial charge in [-0.1, -0.05) is 48.6 Å². The molecular formula is C33H26N2O4. The zero-order valence-corrected chi connectivity index (χ0v) is 21.6. The van der Waals surface area contributed by atoms with Crippen molar-refractivity contribution in [2.24, 2.45) is 0 Å². The summed E-state index contributed by atoms with van der Waals surface area (Å²) in [4.78, 5) is 22.0. The monoisotopic (exact) mass is 514 g/mol. The lowest BCUT2D eigenvalue weighted by molar-refractivity contribution is 0.104. The average Bonchev–Trinajstić information content (AvgIpc) is 2.99. The second-order valence-corrected chi connectivity index (χ2v) is 8.61. The van der Waals surface area contributed by atoms with Gasteiger partial charge >= 0.3 is 0 Å². The second kappa shape index (κ2) is 11.9. The number of allylic oxidation sites excluding steroid dienone is 1. The van der Waals surface area contributed by atoms with Gasteiger partial charge in [-0.3, -0.25) is 4.79 Å². The number of nitrogens with zero attached hydrogens (tertiary/aromatic N) is 2. The molecule has 4 aromatic carbocycles. The first-order valence-corrected chi connectivity index (χ1v) is 12.3. The SMILES string of the molecule is COc1ccc(/C=C/C(=O)c2ccc(Oc3nc(/C=C/c4ccc(OC)cc4)nc4ccccc34)cc2)cc1. The smallest absolute Gasteiger partial charge is 0.230 e.